The summed E-state index contributed by atoms with van der Waals surface area (Å²) in [6.07, 6.45) is 5.42. The third-order valence-electron chi connectivity index (χ3n) is 3.45. The minimum atomic E-state index is 0.589. The van der Waals surface area contributed by atoms with Crippen LogP contribution in [0.25, 0.3) is 0 Å². The summed E-state index contributed by atoms with van der Waals surface area (Å²) >= 11 is 0. The topological polar surface area (TPSA) is 93.4 Å². The van der Waals surface area contributed by atoms with Gasteiger partial charge in [0.1, 0.15) is 5.82 Å². The zero-order valence-corrected chi connectivity index (χ0v) is 13.4. The summed E-state index contributed by atoms with van der Waals surface area (Å²) in [6.45, 7) is 7.51. The van der Waals surface area contributed by atoms with E-state index in [1.165, 1.54) is 32.4 Å². The number of quaternary nitrogens is 1. The fourth-order valence-electron chi connectivity index (χ4n) is 2.16. The van der Waals surface area contributed by atoms with Crippen molar-refractivity contribution in [1.82, 2.24) is 10.3 Å². The van der Waals surface area contributed by atoms with Gasteiger partial charge in [0.2, 0.25) is 0 Å². The van der Waals surface area contributed by atoms with Crippen LogP contribution in [-0.4, -0.2) is 44.8 Å². The Labute approximate surface area is 128 Å². The Morgan fingerprint density at radius 2 is 1.90 bits per heavy atom. The van der Waals surface area contributed by atoms with Gasteiger partial charge >= 0.3 is 0 Å². The van der Waals surface area contributed by atoms with Crippen LogP contribution < -0.4 is 27.0 Å². The Kier molecular flexibility index (Phi) is 8.54. The Bertz CT molecular complexity index is 396. The quantitative estimate of drug-likeness (QED) is 0.369. The number of rotatable bonds is 11. The molecule has 1 heterocycles. The van der Waals surface area contributed by atoms with E-state index in [-0.39, 0.29) is 0 Å². The van der Waals surface area contributed by atoms with Crippen molar-refractivity contribution < 1.29 is 4.90 Å². The van der Waals surface area contributed by atoms with E-state index in [0.29, 0.717) is 17.2 Å². The van der Waals surface area contributed by atoms with Crippen molar-refractivity contribution in [2.75, 3.05) is 56.6 Å². The van der Waals surface area contributed by atoms with Gasteiger partial charge in [0, 0.05) is 26.1 Å². The number of hydrogen-bond acceptors (Lipinski definition) is 5. The average molecular weight is 295 g/mol. The number of anilines is 3. The van der Waals surface area contributed by atoms with Crippen molar-refractivity contribution in [1.29, 1.82) is 0 Å². The van der Waals surface area contributed by atoms with Gasteiger partial charge in [0.05, 0.1) is 37.7 Å². The number of unbranched alkanes of at least 4 members (excludes halogenated alkanes) is 1. The second-order valence-corrected chi connectivity index (χ2v) is 5.55. The Morgan fingerprint density at radius 3 is 2.62 bits per heavy atom. The van der Waals surface area contributed by atoms with Crippen LogP contribution in [0.1, 0.15) is 26.2 Å². The number of pyridine rings is 1. The molecule has 0 spiro atoms. The molecule has 7 N–H and O–H groups in total. The van der Waals surface area contributed by atoms with Crippen LogP contribution in [0.15, 0.2) is 12.3 Å². The van der Waals surface area contributed by atoms with E-state index < -0.39 is 0 Å². The fraction of sp³-hybridized carbons (Fsp3) is 0.667. The molecule has 120 valence electrons. The number of hydrogen-bond donors (Lipinski definition) is 5. The molecule has 0 fully saturated rings. The maximum Gasteiger partial charge on any atom is 0.149 e. The van der Waals surface area contributed by atoms with Crippen molar-refractivity contribution in [3.63, 3.8) is 0 Å². The molecule has 0 aliphatic heterocycles. The molecule has 0 aliphatic carbocycles. The molecule has 21 heavy (non-hydrogen) atoms. The molecule has 0 radical (unpaired) electrons. The molecule has 6 heteroatoms. The van der Waals surface area contributed by atoms with Gasteiger partial charge in [-0.15, -0.1) is 0 Å². The highest BCUT2D eigenvalue weighted by molar-refractivity contribution is 5.65. The molecule has 1 aromatic rings. The van der Waals surface area contributed by atoms with E-state index in [1.54, 1.807) is 17.2 Å². The van der Waals surface area contributed by atoms with Crippen molar-refractivity contribution >= 4 is 17.2 Å². The molecule has 0 saturated heterocycles. The standard InChI is InChI=1S/C15H30N6/c1-3-4-9-21(2)10-5-6-18-7-8-19-15-14(17)11-13(16)12-20-15/h11-12,18H,3-10,16-17H2,1-2H3,(H,19,20)/p+1. The summed E-state index contributed by atoms with van der Waals surface area (Å²) in [5, 5.41) is 6.64. The predicted octanol–water partition coefficient (Wildman–Crippen LogP) is -0.0476. The monoisotopic (exact) mass is 295 g/mol. The maximum absolute atomic E-state index is 5.83. The minimum absolute atomic E-state index is 0.589. The van der Waals surface area contributed by atoms with Gasteiger partial charge < -0.3 is 27.0 Å². The normalized spacial score (nSPS) is 12.3. The van der Waals surface area contributed by atoms with Crippen molar-refractivity contribution in [2.45, 2.75) is 26.2 Å². The van der Waals surface area contributed by atoms with Gasteiger partial charge in [-0.2, -0.15) is 0 Å². The lowest BCUT2D eigenvalue weighted by Gasteiger charge is -2.13. The van der Waals surface area contributed by atoms with Gasteiger partial charge in [-0.3, -0.25) is 0 Å². The highest BCUT2D eigenvalue weighted by Gasteiger charge is 2.01. The first kappa shape index (κ1) is 17.5. The van der Waals surface area contributed by atoms with Gasteiger partial charge in [-0.05, 0) is 12.5 Å². The fourth-order valence-corrected chi connectivity index (χ4v) is 2.16. The third-order valence-corrected chi connectivity index (χ3v) is 3.45. The lowest BCUT2D eigenvalue weighted by Crippen LogP contribution is -3.09. The molecule has 0 bridgehead atoms. The van der Waals surface area contributed by atoms with Crippen LogP contribution in [0.3, 0.4) is 0 Å². The molecule has 0 amide bonds. The number of nitrogens with one attached hydrogen (secondary N) is 3. The van der Waals surface area contributed by atoms with Crippen LogP contribution in [-0.2, 0) is 0 Å². The first-order valence-corrected chi connectivity index (χ1v) is 7.90. The summed E-state index contributed by atoms with van der Waals surface area (Å²) in [5.74, 6) is 0.703. The number of aromatic nitrogens is 1. The van der Waals surface area contributed by atoms with Crippen molar-refractivity contribution in [3.8, 4) is 0 Å². The van der Waals surface area contributed by atoms with Gasteiger partial charge in [-0.25, -0.2) is 4.98 Å². The Hall–Kier alpha value is -1.53. The van der Waals surface area contributed by atoms with Crippen molar-refractivity contribution in [2.24, 2.45) is 0 Å². The van der Waals surface area contributed by atoms with E-state index in [4.69, 9.17) is 11.5 Å². The lowest BCUT2D eigenvalue weighted by atomic mass is 10.3. The Balaban J connectivity index is 2.02. The molecule has 1 unspecified atom stereocenters. The predicted molar refractivity (Wildman–Crippen MR) is 90.6 cm³/mol. The first-order chi connectivity index (χ1) is 10.1. The number of nitrogens with zero attached hydrogens (tertiary/aromatic N) is 1. The second kappa shape index (κ2) is 10.2. The molecular formula is C15H31N6+. The molecular weight excluding hydrogens is 264 g/mol. The molecule has 0 saturated carbocycles. The van der Waals surface area contributed by atoms with E-state index in [2.05, 4.69) is 29.6 Å². The minimum Gasteiger partial charge on any atom is -0.397 e. The summed E-state index contributed by atoms with van der Waals surface area (Å²) in [6, 6.07) is 1.72. The van der Waals surface area contributed by atoms with E-state index >= 15 is 0 Å². The van der Waals surface area contributed by atoms with Gasteiger partial charge in [-0.1, -0.05) is 13.3 Å². The zero-order chi connectivity index (χ0) is 15.5. The summed E-state index contributed by atoms with van der Waals surface area (Å²) < 4.78 is 0. The van der Waals surface area contributed by atoms with Crippen LogP contribution in [0.4, 0.5) is 17.2 Å². The maximum atomic E-state index is 5.83. The number of nitrogens with two attached hydrogens (primary N) is 2. The summed E-state index contributed by atoms with van der Waals surface area (Å²) in [5.41, 5.74) is 12.6. The second-order valence-electron chi connectivity index (χ2n) is 5.55. The van der Waals surface area contributed by atoms with E-state index in [0.717, 1.165) is 19.6 Å². The smallest absolute Gasteiger partial charge is 0.149 e. The van der Waals surface area contributed by atoms with Crippen LogP contribution in [0.2, 0.25) is 0 Å². The molecule has 1 atom stereocenters. The van der Waals surface area contributed by atoms with Gasteiger partial charge in [0.15, 0.2) is 0 Å². The van der Waals surface area contributed by atoms with Crippen molar-refractivity contribution in [3.05, 3.63) is 12.3 Å². The van der Waals surface area contributed by atoms with E-state index in [9.17, 15) is 0 Å². The molecule has 6 nitrogen and oxygen atoms in total. The van der Waals surface area contributed by atoms with Crippen LogP contribution in [0.5, 0.6) is 0 Å². The third kappa shape index (κ3) is 7.72. The molecule has 0 aliphatic rings. The molecule has 1 rings (SSSR count). The number of nitrogen functional groups attached to an aromatic ring is 2. The summed E-state index contributed by atoms with van der Waals surface area (Å²) in [7, 11) is 2.27. The average Bonchev–Trinajstić information content (AvgIpc) is 2.46. The molecule has 1 aromatic heterocycles. The Morgan fingerprint density at radius 1 is 1.14 bits per heavy atom. The van der Waals surface area contributed by atoms with Crippen LogP contribution >= 0.6 is 0 Å². The first-order valence-electron chi connectivity index (χ1n) is 7.90. The largest absolute Gasteiger partial charge is 0.397 e. The highest BCUT2D eigenvalue weighted by Crippen LogP contribution is 2.16. The zero-order valence-electron chi connectivity index (χ0n) is 13.4. The SMILES string of the molecule is CCCC[NH+](C)CCCNCCNc1ncc(N)cc1N. The molecule has 0 aromatic carbocycles. The highest BCUT2D eigenvalue weighted by atomic mass is 15.1. The van der Waals surface area contributed by atoms with E-state index in [1.807, 2.05) is 0 Å². The lowest BCUT2D eigenvalue weighted by molar-refractivity contribution is -0.879. The van der Waals surface area contributed by atoms with Gasteiger partial charge in [0.25, 0.3) is 0 Å². The summed E-state index contributed by atoms with van der Waals surface area (Å²) in [4.78, 5) is 5.79. The van der Waals surface area contributed by atoms with Crippen LogP contribution in [0, 0.1) is 0 Å².